The molecule has 1 heterocycles. The average Bonchev–Trinajstić information content (AvgIpc) is 2.70. The van der Waals surface area contributed by atoms with E-state index in [9.17, 15) is 22.8 Å². The number of ether oxygens (including phenoxy) is 1. The molecule has 2 amide bonds. The summed E-state index contributed by atoms with van der Waals surface area (Å²) in [4.78, 5) is 23.9. The van der Waals surface area contributed by atoms with Crippen molar-refractivity contribution in [3.05, 3.63) is 0 Å². The maximum Gasteiger partial charge on any atom is 0.471 e. The molecule has 0 aromatic heterocycles. The van der Waals surface area contributed by atoms with E-state index in [4.69, 9.17) is 10.00 Å². The van der Waals surface area contributed by atoms with E-state index in [1.54, 1.807) is 32.2 Å². The third kappa shape index (κ3) is 4.51. The van der Waals surface area contributed by atoms with Gasteiger partial charge in [-0.05, 0) is 20.8 Å². The number of nitrogens with one attached hydrogen (secondary N) is 1. The highest BCUT2D eigenvalue weighted by Gasteiger charge is 2.48. The summed E-state index contributed by atoms with van der Waals surface area (Å²) >= 11 is 0. The number of nitriles is 1. The lowest BCUT2D eigenvalue weighted by molar-refractivity contribution is -0.175. The van der Waals surface area contributed by atoms with E-state index in [0.29, 0.717) is 0 Å². The Morgan fingerprint density at radius 1 is 1.33 bits per heavy atom. The highest BCUT2D eigenvalue weighted by Crippen LogP contribution is 2.25. The van der Waals surface area contributed by atoms with Crippen LogP contribution in [0, 0.1) is 11.3 Å². The van der Waals surface area contributed by atoms with E-state index in [0.717, 1.165) is 4.90 Å². The minimum absolute atomic E-state index is 0.0284. The van der Waals surface area contributed by atoms with Gasteiger partial charge in [-0.2, -0.15) is 18.4 Å². The van der Waals surface area contributed by atoms with Crippen LogP contribution >= 0.6 is 0 Å². The van der Waals surface area contributed by atoms with Gasteiger partial charge >= 0.3 is 18.2 Å². The number of rotatable bonds is 1. The fourth-order valence-corrected chi connectivity index (χ4v) is 1.80. The van der Waals surface area contributed by atoms with E-state index in [1.807, 2.05) is 0 Å². The molecule has 1 unspecified atom stereocenters. The fraction of sp³-hybridized carbons (Fsp3) is 0.750. The van der Waals surface area contributed by atoms with Gasteiger partial charge in [0.15, 0.2) is 0 Å². The average molecular weight is 307 g/mol. The minimum Gasteiger partial charge on any atom is -0.444 e. The van der Waals surface area contributed by atoms with Crippen LogP contribution in [0.1, 0.15) is 27.2 Å². The summed E-state index contributed by atoms with van der Waals surface area (Å²) in [5.74, 6) is -2.20. The molecule has 0 spiro atoms. The van der Waals surface area contributed by atoms with E-state index in [1.165, 1.54) is 0 Å². The van der Waals surface area contributed by atoms with Crippen LogP contribution in [0.15, 0.2) is 0 Å². The first-order valence-corrected chi connectivity index (χ1v) is 6.17. The molecular weight excluding hydrogens is 291 g/mol. The predicted octanol–water partition coefficient (Wildman–Crippen LogP) is 1.57. The SMILES string of the molecule is CC(C)(C)OC(=O)N1CCC(C#N)(NC(=O)C(F)(F)F)C1. The molecule has 21 heavy (non-hydrogen) atoms. The number of hydrogen-bond acceptors (Lipinski definition) is 4. The first kappa shape index (κ1) is 17.1. The van der Waals surface area contributed by atoms with Crippen LogP contribution in [0.3, 0.4) is 0 Å². The molecule has 0 aliphatic carbocycles. The lowest BCUT2D eigenvalue weighted by Crippen LogP contribution is -2.54. The van der Waals surface area contributed by atoms with E-state index < -0.39 is 29.3 Å². The Labute approximate surface area is 119 Å². The second-order valence-electron chi connectivity index (χ2n) is 5.80. The Morgan fingerprint density at radius 3 is 2.33 bits per heavy atom. The summed E-state index contributed by atoms with van der Waals surface area (Å²) in [7, 11) is 0. The molecule has 1 fully saturated rings. The number of hydrogen-bond donors (Lipinski definition) is 1. The number of halogens is 3. The van der Waals surface area contributed by atoms with Crippen LogP contribution in [0.5, 0.6) is 0 Å². The lowest BCUT2D eigenvalue weighted by Gasteiger charge is -2.26. The summed E-state index contributed by atoms with van der Waals surface area (Å²) < 4.78 is 41.9. The number of likely N-dealkylation sites (tertiary alicyclic amines) is 1. The van der Waals surface area contributed by atoms with Gasteiger partial charge in [0.2, 0.25) is 0 Å². The molecule has 1 atom stereocenters. The second-order valence-corrected chi connectivity index (χ2v) is 5.80. The lowest BCUT2D eigenvalue weighted by atomic mass is 10.0. The quantitative estimate of drug-likeness (QED) is 0.797. The summed E-state index contributed by atoms with van der Waals surface area (Å²) in [5.41, 5.74) is -2.51. The smallest absolute Gasteiger partial charge is 0.444 e. The largest absolute Gasteiger partial charge is 0.471 e. The van der Waals surface area contributed by atoms with Gasteiger partial charge in [-0.15, -0.1) is 0 Å². The van der Waals surface area contributed by atoms with Crippen molar-refractivity contribution in [1.29, 1.82) is 5.26 Å². The molecule has 1 saturated heterocycles. The molecule has 1 rings (SSSR count). The number of nitrogens with zero attached hydrogens (tertiary/aromatic N) is 2. The monoisotopic (exact) mass is 307 g/mol. The zero-order valence-corrected chi connectivity index (χ0v) is 11.9. The van der Waals surface area contributed by atoms with Crippen molar-refractivity contribution >= 4 is 12.0 Å². The molecule has 9 heteroatoms. The van der Waals surface area contributed by atoms with Crippen molar-refractivity contribution in [2.45, 2.75) is 44.5 Å². The van der Waals surface area contributed by atoms with E-state index in [-0.39, 0.29) is 19.5 Å². The molecule has 118 valence electrons. The van der Waals surface area contributed by atoms with Gasteiger partial charge in [0, 0.05) is 13.0 Å². The van der Waals surface area contributed by atoms with E-state index in [2.05, 4.69) is 0 Å². The van der Waals surface area contributed by atoms with Crippen LogP contribution in [-0.2, 0) is 9.53 Å². The highest BCUT2D eigenvalue weighted by molar-refractivity contribution is 5.83. The van der Waals surface area contributed by atoms with Crippen molar-refractivity contribution in [2.75, 3.05) is 13.1 Å². The molecule has 0 saturated carbocycles. The Hall–Kier alpha value is -1.98. The predicted molar refractivity (Wildman–Crippen MR) is 65.0 cm³/mol. The first-order chi connectivity index (χ1) is 9.38. The molecule has 0 aromatic rings. The summed E-state index contributed by atoms with van der Waals surface area (Å²) in [5, 5.41) is 10.7. The van der Waals surface area contributed by atoms with Gasteiger partial charge < -0.3 is 15.0 Å². The van der Waals surface area contributed by atoms with Crippen molar-refractivity contribution in [1.82, 2.24) is 10.2 Å². The van der Waals surface area contributed by atoms with E-state index >= 15 is 0 Å². The number of alkyl halides is 3. The molecule has 0 radical (unpaired) electrons. The molecule has 1 aliphatic rings. The second kappa shape index (κ2) is 5.42. The topological polar surface area (TPSA) is 82.4 Å². The van der Waals surface area contributed by atoms with Crippen molar-refractivity contribution < 1.29 is 27.5 Å². The van der Waals surface area contributed by atoms with Gasteiger partial charge in [0.05, 0.1) is 12.6 Å². The summed E-state index contributed by atoms with van der Waals surface area (Å²) in [6, 6.07) is 1.65. The Bertz CT molecular complexity index is 479. The maximum absolute atomic E-state index is 12.3. The van der Waals surface area contributed by atoms with Gasteiger partial charge in [-0.25, -0.2) is 4.79 Å². The Morgan fingerprint density at radius 2 is 1.90 bits per heavy atom. The van der Waals surface area contributed by atoms with Crippen LogP contribution in [0.2, 0.25) is 0 Å². The number of amides is 2. The summed E-state index contributed by atoms with van der Waals surface area (Å²) in [6.07, 6.45) is -5.91. The van der Waals surface area contributed by atoms with Crippen molar-refractivity contribution in [2.24, 2.45) is 0 Å². The van der Waals surface area contributed by atoms with Crippen molar-refractivity contribution in [3.8, 4) is 6.07 Å². The molecule has 6 nitrogen and oxygen atoms in total. The molecule has 1 N–H and O–H groups in total. The molecule has 0 aromatic carbocycles. The molecular formula is C12H16F3N3O3. The molecule has 0 bridgehead atoms. The number of carbonyl (C=O) groups excluding carboxylic acids is 2. The Balaban J connectivity index is 2.75. The van der Waals surface area contributed by atoms with Gasteiger partial charge in [0.1, 0.15) is 11.1 Å². The van der Waals surface area contributed by atoms with Gasteiger partial charge in [0.25, 0.3) is 0 Å². The third-order valence-electron chi connectivity index (χ3n) is 2.75. The first-order valence-electron chi connectivity index (χ1n) is 6.17. The van der Waals surface area contributed by atoms with Crippen LogP contribution in [0.4, 0.5) is 18.0 Å². The standard InChI is InChI=1S/C12H16F3N3O3/c1-10(2,3)21-9(20)18-5-4-11(6-16,7-18)17-8(19)12(13,14)15/h4-5,7H2,1-3H3,(H,17,19). The normalized spacial score (nSPS) is 22.6. The van der Waals surface area contributed by atoms with Crippen LogP contribution in [0.25, 0.3) is 0 Å². The van der Waals surface area contributed by atoms with Gasteiger partial charge in [-0.1, -0.05) is 0 Å². The van der Waals surface area contributed by atoms with Gasteiger partial charge in [-0.3, -0.25) is 4.79 Å². The molecule has 1 aliphatic heterocycles. The third-order valence-corrected chi connectivity index (χ3v) is 2.75. The van der Waals surface area contributed by atoms with Crippen molar-refractivity contribution in [3.63, 3.8) is 0 Å². The zero-order chi connectivity index (χ0) is 16.5. The number of carbonyl (C=O) groups is 2. The van der Waals surface area contributed by atoms with Crippen LogP contribution < -0.4 is 5.32 Å². The fourth-order valence-electron chi connectivity index (χ4n) is 1.80. The van der Waals surface area contributed by atoms with Crippen LogP contribution in [-0.4, -0.2) is 47.3 Å². The maximum atomic E-state index is 12.3. The zero-order valence-electron chi connectivity index (χ0n) is 11.9. The highest BCUT2D eigenvalue weighted by atomic mass is 19.4. The summed E-state index contributed by atoms with van der Waals surface area (Å²) in [6.45, 7) is 4.61. The Kier molecular flexibility index (Phi) is 4.41. The minimum atomic E-state index is -5.08.